The van der Waals surface area contributed by atoms with Gasteiger partial charge in [0.05, 0.1) is 5.52 Å². The molecule has 0 unspecified atom stereocenters. The van der Waals surface area contributed by atoms with Crippen molar-refractivity contribution in [3.63, 3.8) is 0 Å². The first-order valence-electron chi connectivity index (χ1n) is 9.66. The van der Waals surface area contributed by atoms with Crippen LogP contribution >= 0.6 is 0 Å². The van der Waals surface area contributed by atoms with Gasteiger partial charge in [-0.15, -0.1) is 0 Å². The van der Waals surface area contributed by atoms with E-state index in [1.165, 1.54) is 0 Å². The van der Waals surface area contributed by atoms with Gasteiger partial charge in [-0.1, -0.05) is 32.8 Å². The van der Waals surface area contributed by atoms with Gasteiger partial charge in [0.2, 0.25) is 5.82 Å². The summed E-state index contributed by atoms with van der Waals surface area (Å²) in [6.45, 7) is 6.48. The number of nitrogens with one attached hydrogen (secondary N) is 1. The number of amides is 2. The van der Waals surface area contributed by atoms with Crippen molar-refractivity contribution in [1.29, 1.82) is 0 Å². The third kappa shape index (κ3) is 3.89. The van der Waals surface area contributed by atoms with Crippen molar-refractivity contribution in [2.24, 2.45) is 5.92 Å². The Hall–Kier alpha value is -2.37. The van der Waals surface area contributed by atoms with Crippen LogP contribution in [0.3, 0.4) is 0 Å². The second-order valence-electron chi connectivity index (χ2n) is 7.18. The van der Waals surface area contributed by atoms with Gasteiger partial charge in [0.25, 0.3) is 11.8 Å². The van der Waals surface area contributed by atoms with Gasteiger partial charge >= 0.3 is 0 Å². The molecule has 0 spiro atoms. The van der Waals surface area contributed by atoms with Crippen molar-refractivity contribution in [3.05, 3.63) is 35.9 Å². The van der Waals surface area contributed by atoms with Crippen LogP contribution in [0.5, 0.6) is 0 Å². The predicted molar refractivity (Wildman–Crippen MR) is 101 cm³/mol. The molecule has 1 N–H and O–H groups in total. The highest BCUT2D eigenvalue weighted by Crippen LogP contribution is 2.20. The number of aromatic nitrogens is 2. The topological polar surface area (TPSA) is 66.7 Å². The molecule has 0 saturated carbocycles. The van der Waals surface area contributed by atoms with E-state index >= 15 is 0 Å². The molecule has 140 valence electrons. The molecule has 6 nitrogen and oxygen atoms in total. The van der Waals surface area contributed by atoms with Crippen LogP contribution in [0.1, 0.15) is 67.1 Å². The fourth-order valence-electron chi connectivity index (χ4n) is 3.37. The van der Waals surface area contributed by atoms with E-state index in [1.54, 1.807) is 10.6 Å². The molecular formula is C20H28N4O2. The first-order valence-corrected chi connectivity index (χ1v) is 9.66. The normalized spacial score (nSPS) is 15.4. The van der Waals surface area contributed by atoms with E-state index in [4.69, 9.17) is 0 Å². The molecular weight excluding hydrogens is 328 g/mol. The van der Waals surface area contributed by atoms with Gasteiger partial charge in [-0.3, -0.25) is 14.0 Å². The summed E-state index contributed by atoms with van der Waals surface area (Å²) in [5.41, 5.74) is 1.06. The van der Waals surface area contributed by atoms with E-state index in [0.29, 0.717) is 23.7 Å². The molecule has 26 heavy (non-hydrogen) atoms. The van der Waals surface area contributed by atoms with E-state index in [2.05, 4.69) is 24.1 Å². The van der Waals surface area contributed by atoms with Crippen molar-refractivity contribution in [1.82, 2.24) is 19.6 Å². The Morgan fingerprint density at radius 2 is 2.00 bits per heavy atom. The summed E-state index contributed by atoms with van der Waals surface area (Å²) in [4.78, 5) is 31.8. The minimum atomic E-state index is -0.228. The minimum Gasteiger partial charge on any atom is -0.349 e. The van der Waals surface area contributed by atoms with Crippen LogP contribution in [0.25, 0.3) is 5.52 Å². The maximum absolute atomic E-state index is 13.0. The number of nitrogens with zero attached hydrogens (tertiary/aromatic N) is 3. The van der Waals surface area contributed by atoms with Crippen molar-refractivity contribution in [3.8, 4) is 0 Å². The van der Waals surface area contributed by atoms with Gasteiger partial charge in [-0.25, -0.2) is 4.98 Å². The highest BCUT2D eigenvalue weighted by molar-refractivity contribution is 6.02. The lowest BCUT2D eigenvalue weighted by Crippen LogP contribution is -2.38. The molecule has 0 aromatic carbocycles. The third-order valence-corrected chi connectivity index (χ3v) is 5.09. The quantitative estimate of drug-likeness (QED) is 0.809. The Kier molecular flexibility index (Phi) is 5.91. The van der Waals surface area contributed by atoms with Crippen LogP contribution in [0.2, 0.25) is 0 Å². The van der Waals surface area contributed by atoms with Crippen molar-refractivity contribution >= 4 is 17.3 Å². The number of piperidine rings is 1. The molecule has 3 rings (SSSR count). The summed E-state index contributed by atoms with van der Waals surface area (Å²) in [5, 5.41) is 2.92. The second-order valence-corrected chi connectivity index (χ2v) is 7.18. The highest BCUT2D eigenvalue weighted by Gasteiger charge is 2.27. The average Bonchev–Trinajstić information content (AvgIpc) is 3.05. The Bertz CT molecular complexity index is 775. The summed E-state index contributed by atoms with van der Waals surface area (Å²) in [6, 6.07) is 5.56. The number of carbonyl (C=O) groups is 2. The van der Waals surface area contributed by atoms with Gasteiger partial charge in [0.1, 0.15) is 0 Å². The van der Waals surface area contributed by atoms with E-state index in [9.17, 15) is 9.59 Å². The molecule has 1 aliphatic rings. The van der Waals surface area contributed by atoms with Gasteiger partial charge in [0, 0.05) is 25.8 Å². The number of carbonyl (C=O) groups excluding carboxylic acids is 2. The molecule has 1 aliphatic heterocycles. The average molecular weight is 356 g/mol. The minimum absolute atomic E-state index is 0.0781. The summed E-state index contributed by atoms with van der Waals surface area (Å²) < 4.78 is 1.72. The summed E-state index contributed by atoms with van der Waals surface area (Å²) in [5.74, 6) is 0.632. The van der Waals surface area contributed by atoms with E-state index in [-0.39, 0.29) is 17.6 Å². The Morgan fingerprint density at radius 1 is 1.23 bits per heavy atom. The van der Waals surface area contributed by atoms with E-state index in [1.807, 2.05) is 23.1 Å². The number of fused-ring (bicyclic) bond motifs is 1. The number of hydrogen-bond acceptors (Lipinski definition) is 3. The zero-order chi connectivity index (χ0) is 18.5. The van der Waals surface area contributed by atoms with E-state index in [0.717, 1.165) is 45.2 Å². The Labute approximate surface area is 154 Å². The molecule has 2 amide bonds. The summed E-state index contributed by atoms with van der Waals surface area (Å²) in [7, 11) is 0. The van der Waals surface area contributed by atoms with Gasteiger partial charge in [-0.2, -0.15) is 0 Å². The molecule has 0 bridgehead atoms. The largest absolute Gasteiger partial charge is 0.349 e. The molecule has 1 fully saturated rings. The van der Waals surface area contributed by atoms with Crippen LogP contribution < -0.4 is 5.32 Å². The molecule has 6 heteroatoms. The zero-order valence-electron chi connectivity index (χ0n) is 15.7. The number of imidazole rings is 1. The monoisotopic (exact) mass is 356 g/mol. The molecule has 0 radical (unpaired) electrons. The molecule has 0 aliphatic carbocycles. The first-order chi connectivity index (χ1) is 12.6. The number of rotatable bonds is 6. The molecule has 2 aromatic rings. The number of likely N-dealkylation sites (tertiary alicyclic amines) is 1. The van der Waals surface area contributed by atoms with Crippen molar-refractivity contribution in [2.45, 2.75) is 46.0 Å². The number of hydrogen-bond donors (Lipinski definition) is 1. The van der Waals surface area contributed by atoms with Crippen molar-refractivity contribution in [2.75, 3.05) is 19.6 Å². The van der Waals surface area contributed by atoms with Crippen LogP contribution in [-0.4, -0.2) is 45.7 Å². The van der Waals surface area contributed by atoms with E-state index < -0.39 is 0 Å². The van der Waals surface area contributed by atoms with Crippen molar-refractivity contribution < 1.29 is 9.59 Å². The first kappa shape index (κ1) is 18.4. The van der Waals surface area contributed by atoms with Gasteiger partial charge in [0.15, 0.2) is 5.69 Å². The molecule has 1 saturated heterocycles. The third-order valence-electron chi connectivity index (χ3n) is 5.09. The van der Waals surface area contributed by atoms with Crippen LogP contribution in [-0.2, 0) is 0 Å². The molecule has 2 aromatic heterocycles. The Morgan fingerprint density at radius 3 is 2.73 bits per heavy atom. The van der Waals surface area contributed by atoms with Gasteiger partial charge < -0.3 is 10.2 Å². The maximum Gasteiger partial charge on any atom is 0.287 e. The van der Waals surface area contributed by atoms with Crippen LogP contribution in [0.15, 0.2) is 24.4 Å². The summed E-state index contributed by atoms with van der Waals surface area (Å²) in [6.07, 6.45) is 6.96. The smallest absolute Gasteiger partial charge is 0.287 e. The second kappa shape index (κ2) is 8.34. The lowest BCUT2D eigenvalue weighted by molar-refractivity contribution is 0.0694. The fraction of sp³-hybridized carbons (Fsp3) is 0.550. The fourth-order valence-corrected chi connectivity index (χ4v) is 3.37. The lowest BCUT2D eigenvalue weighted by Gasteiger charge is -2.29. The van der Waals surface area contributed by atoms with Crippen LogP contribution in [0.4, 0.5) is 0 Å². The molecule has 3 heterocycles. The predicted octanol–water partition coefficient (Wildman–Crippen LogP) is 3.13. The highest BCUT2D eigenvalue weighted by atomic mass is 16.2. The SMILES string of the molecule is CCCCCNC(=O)c1nc(C(=O)N2CCC(C)CC2)c2ccccn12. The van der Waals surface area contributed by atoms with Crippen LogP contribution in [0, 0.1) is 5.92 Å². The van der Waals surface area contributed by atoms with Gasteiger partial charge in [-0.05, 0) is 37.3 Å². The maximum atomic E-state index is 13.0. The Balaban J connectivity index is 1.83. The standard InChI is InChI=1S/C20H28N4O2/c1-3-4-6-11-21-19(25)18-22-17(16-8-5-7-12-24(16)18)20(26)23-13-9-15(2)10-14-23/h5,7-8,12,15H,3-4,6,9-11,13-14H2,1-2H3,(H,21,25). The number of pyridine rings is 1. The molecule has 0 atom stereocenters. The number of unbranched alkanes of at least 4 members (excludes halogenated alkanes) is 2. The summed E-state index contributed by atoms with van der Waals surface area (Å²) >= 11 is 0. The lowest BCUT2D eigenvalue weighted by atomic mass is 9.99. The zero-order valence-corrected chi connectivity index (χ0v) is 15.7.